The second-order valence-electron chi connectivity index (χ2n) is 7.39. The molecular formula is C17H24N5O+. The van der Waals surface area contributed by atoms with Gasteiger partial charge in [0.15, 0.2) is 0 Å². The fraction of sp³-hybridized carbons (Fsp3) is 0.706. The van der Waals surface area contributed by atoms with Crippen molar-refractivity contribution in [1.82, 2.24) is 9.78 Å². The van der Waals surface area contributed by atoms with Crippen molar-refractivity contribution >= 4 is 17.8 Å². The van der Waals surface area contributed by atoms with E-state index in [1.165, 1.54) is 57.1 Å². The molecule has 3 heterocycles. The van der Waals surface area contributed by atoms with Gasteiger partial charge in [0.25, 0.3) is 5.91 Å². The molecule has 0 saturated heterocycles. The highest BCUT2D eigenvalue weighted by Gasteiger charge is 2.50. The number of fused-ring (bicyclic) bond motifs is 5. The average molecular weight is 314 g/mol. The van der Waals surface area contributed by atoms with Crippen LogP contribution in [0.1, 0.15) is 64.2 Å². The molecule has 1 aromatic rings. The summed E-state index contributed by atoms with van der Waals surface area (Å²) in [5, 5.41) is 11.5. The number of nitrogens with zero attached hydrogens (tertiary/aromatic N) is 3. The first-order valence-corrected chi connectivity index (χ1v) is 9.11. The molecule has 1 saturated carbocycles. The summed E-state index contributed by atoms with van der Waals surface area (Å²) in [7, 11) is 0. The van der Waals surface area contributed by atoms with Crippen molar-refractivity contribution in [2.24, 2.45) is 0 Å². The highest BCUT2D eigenvalue weighted by atomic mass is 16.2. The van der Waals surface area contributed by atoms with Gasteiger partial charge in [0.2, 0.25) is 0 Å². The van der Waals surface area contributed by atoms with E-state index in [9.17, 15) is 4.79 Å². The fourth-order valence-electron chi connectivity index (χ4n) is 5.00. The van der Waals surface area contributed by atoms with E-state index in [4.69, 9.17) is 5.10 Å². The minimum Gasteiger partial charge on any atom is -0.279 e. The van der Waals surface area contributed by atoms with Gasteiger partial charge in [-0.05, 0) is 56.9 Å². The number of hydrogen-bond acceptors (Lipinski definition) is 3. The van der Waals surface area contributed by atoms with Crippen molar-refractivity contribution < 1.29 is 9.36 Å². The quantitative estimate of drug-likeness (QED) is 0.723. The third-order valence-corrected chi connectivity index (χ3v) is 6.10. The zero-order valence-corrected chi connectivity index (χ0v) is 13.5. The Hall–Kier alpha value is -1.85. The average Bonchev–Trinajstić information content (AvgIpc) is 2.94. The van der Waals surface area contributed by atoms with Gasteiger partial charge < -0.3 is 0 Å². The normalized spacial score (nSPS) is 25.3. The predicted octanol–water partition coefficient (Wildman–Crippen LogP) is 2.43. The van der Waals surface area contributed by atoms with Crippen LogP contribution in [-0.2, 0) is 16.9 Å². The van der Waals surface area contributed by atoms with Gasteiger partial charge in [-0.15, -0.1) is 4.68 Å². The number of amides is 1. The first kappa shape index (κ1) is 13.6. The van der Waals surface area contributed by atoms with Gasteiger partial charge in [0.05, 0.1) is 18.7 Å². The zero-order valence-electron chi connectivity index (χ0n) is 13.5. The van der Waals surface area contributed by atoms with Crippen LogP contribution >= 0.6 is 0 Å². The molecule has 6 heteroatoms. The summed E-state index contributed by atoms with van der Waals surface area (Å²) < 4.78 is 4.40. The summed E-state index contributed by atoms with van der Waals surface area (Å²) in [5.41, 5.74) is 3.10. The van der Waals surface area contributed by atoms with Crippen LogP contribution in [0.15, 0.2) is 11.3 Å². The van der Waals surface area contributed by atoms with Crippen molar-refractivity contribution in [3.63, 3.8) is 0 Å². The molecule has 1 aromatic heterocycles. The lowest BCUT2D eigenvalue weighted by Crippen LogP contribution is -2.49. The van der Waals surface area contributed by atoms with E-state index in [0.29, 0.717) is 12.4 Å². The Morgan fingerprint density at radius 1 is 1.00 bits per heavy atom. The number of aromatic nitrogens is 3. The van der Waals surface area contributed by atoms with Crippen molar-refractivity contribution in [1.29, 1.82) is 0 Å². The summed E-state index contributed by atoms with van der Waals surface area (Å²) in [4.78, 5) is 11.8. The summed E-state index contributed by atoms with van der Waals surface area (Å²) in [6.07, 6.45) is 11.7. The molecule has 0 radical (unpaired) electrons. The van der Waals surface area contributed by atoms with E-state index < -0.39 is 0 Å². The first-order chi connectivity index (χ1) is 11.3. The zero-order chi connectivity index (χ0) is 15.4. The van der Waals surface area contributed by atoms with Gasteiger partial charge in [-0.2, -0.15) is 0 Å². The molecule has 2 aliphatic carbocycles. The molecule has 0 aromatic carbocycles. The summed E-state index contributed by atoms with van der Waals surface area (Å²) in [6, 6.07) is 0. The van der Waals surface area contributed by atoms with Gasteiger partial charge in [-0.25, -0.2) is 9.88 Å². The largest absolute Gasteiger partial charge is 0.356 e. The standard InChI is InChI=1S/C17H23N5O/c23-14-8-11-21-15(19-14)20-22-16(21)18-13-7-3-2-6-12(13)17(22)9-4-1-5-10-17/h1-11H2,(H,19,20,23)/p+1. The minimum atomic E-state index is 0.0592. The lowest BCUT2D eigenvalue weighted by molar-refractivity contribution is -0.670. The Morgan fingerprint density at radius 2 is 1.83 bits per heavy atom. The third-order valence-electron chi connectivity index (χ3n) is 6.10. The molecule has 122 valence electrons. The van der Waals surface area contributed by atoms with Crippen molar-refractivity contribution in [3.05, 3.63) is 11.3 Å². The first-order valence-electron chi connectivity index (χ1n) is 9.11. The lowest BCUT2D eigenvalue weighted by atomic mass is 9.71. The molecule has 0 bridgehead atoms. The predicted molar refractivity (Wildman–Crippen MR) is 85.8 cm³/mol. The van der Waals surface area contributed by atoms with Crippen LogP contribution in [0.25, 0.3) is 0 Å². The topological polar surface area (TPSA) is 62.8 Å². The number of nitrogens with one attached hydrogen (secondary N) is 2. The monoisotopic (exact) mass is 314 g/mol. The van der Waals surface area contributed by atoms with Crippen LogP contribution in [0.2, 0.25) is 0 Å². The van der Waals surface area contributed by atoms with Gasteiger partial charge in [-0.3, -0.25) is 10.1 Å². The molecule has 23 heavy (non-hydrogen) atoms. The van der Waals surface area contributed by atoms with Gasteiger partial charge in [-0.1, -0.05) is 6.42 Å². The Bertz CT molecular complexity index is 711. The molecular weight excluding hydrogens is 290 g/mol. The SMILES string of the molecule is O=C1CC[n+]2c(nn3c2NC2=C(CCCC2)C32CCCCC2)N1. The van der Waals surface area contributed by atoms with E-state index >= 15 is 0 Å². The minimum absolute atomic E-state index is 0.0592. The summed E-state index contributed by atoms with van der Waals surface area (Å²) in [6.45, 7) is 0.724. The number of carbonyl (C=O) groups is 1. The molecule has 2 aliphatic heterocycles. The molecule has 4 aliphatic rings. The van der Waals surface area contributed by atoms with E-state index in [1.807, 2.05) is 0 Å². The van der Waals surface area contributed by atoms with Gasteiger partial charge >= 0.3 is 11.9 Å². The number of anilines is 2. The van der Waals surface area contributed by atoms with E-state index in [1.54, 1.807) is 5.57 Å². The third kappa shape index (κ3) is 1.83. The lowest BCUT2D eigenvalue weighted by Gasteiger charge is -2.42. The number of hydrogen-bond donors (Lipinski definition) is 2. The Balaban J connectivity index is 1.69. The fourth-order valence-corrected chi connectivity index (χ4v) is 5.00. The number of allylic oxidation sites excluding steroid dienone is 2. The second kappa shape index (κ2) is 4.82. The van der Waals surface area contributed by atoms with Crippen LogP contribution in [0.5, 0.6) is 0 Å². The van der Waals surface area contributed by atoms with Crippen LogP contribution in [0.3, 0.4) is 0 Å². The summed E-state index contributed by atoms with van der Waals surface area (Å²) >= 11 is 0. The molecule has 5 rings (SSSR count). The molecule has 6 nitrogen and oxygen atoms in total. The summed E-state index contributed by atoms with van der Waals surface area (Å²) in [5.74, 6) is 1.88. The Morgan fingerprint density at radius 3 is 2.70 bits per heavy atom. The molecule has 0 atom stereocenters. The molecule has 1 fully saturated rings. The Labute approximate surface area is 135 Å². The van der Waals surface area contributed by atoms with E-state index in [0.717, 1.165) is 18.9 Å². The van der Waals surface area contributed by atoms with E-state index in [2.05, 4.69) is 19.9 Å². The van der Waals surface area contributed by atoms with Gasteiger partial charge in [0.1, 0.15) is 5.54 Å². The van der Waals surface area contributed by atoms with Crippen molar-refractivity contribution in [2.75, 3.05) is 10.6 Å². The molecule has 1 amide bonds. The van der Waals surface area contributed by atoms with Crippen LogP contribution < -0.4 is 15.2 Å². The second-order valence-corrected chi connectivity index (χ2v) is 7.39. The van der Waals surface area contributed by atoms with Crippen molar-refractivity contribution in [2.45, 2.75) is 76.3 Å². The van der Waals surface area contributed by atoms with Crippen LogP contribution in [-0.4, -0.2) is 15.7 Å². The van der Waals surface area contributed by atoms with Crippen molar-refractivity contribution in [3.8, 4) is 0 Å². The molecule has 0 unspecified atom stereocenters. The molecule has 1 spiro atoms. The number of carbonyl (C=O) groups excluding carboxylic acids is 1. The maximum atomic E-state index is 11.8. The van der Waals surface area contributed by atoms with Crippen LogP contribution in [0, 0.1) is 0 Å². The number of rotatable bonds is 0. The Kier molecular flexibility index (Phi) is 2.85. The molecule has 2 N–H and O–H groups in total. The highest BCUT2D eigenvalue weighted by Crippen LogP contribution is 2.49. The smallest absolute Gasteiger partial charge is 0.279 e. The maximum Gasteiger partial charge on any atom is 0.356 e. The highest BCUT2D eigenvalue weighted by molar-refractivity contribution is 5.88. The van der Waals surface area contributed by atoms with E-state index in [-0.39, 0.29) is 11.4 Å². The van der Waals surface area contributed by atoms with Gasteiger partial charge in [0, 0.05) is 5.10 Å². The maximum absolute atomic E-state index is 11.8. The van der Waals surface area contributed by atoms with Crippen LogP contribution in [0.4, 0.5) is 11.9 Å².